The second kappa shape index (κ2) is 7.57. The average molecular weight is 251 g/mol. The van der Waals surface area contributed by atoms with Crippen LogP contribution in [0.2, 0.25) is 0 Å². The number of hydrogen-bond donors (Lipinski definition) is 1. The summed E-state index contributed by atoms with van der Waals surface area (Å²) < 4.78 is 2.05. The molecule has 18 heavy (non-hydrogen) atoms. The Balaban J connectivity index is 2.48. The number of hydrogen-bond acceptors (Lipinski definition) is 2. The molecule has 1 rings (SSSR count). The van der Waals surface area contributed by atoms with Gasteiger partial charge in [0.05, 0.1) is 5.69 Å². The third kappa shape index (κ3) is 4.81. The highest BCUT2D eigenvalue weighted by Crippen LogP contribution is 2.13. The van der Waals surface area contributed by atoms with Gasteiger partial charge in [0.15, 0.2) is 0 Å². The zero-order valence-electron chi connectivity index (χ0n) is 12.7. The molecule has 0 aromatic carbocycles. The highest BCUT2D eigenvalue weighted by molar-refractivity contribution is 5.10. The Morgan fingerprint density at radius 2 is 2.00 bits per heavy atom. The first-order valence-electron chi connectivity index (χ1n) is 7.29. The largest absolute Gasteiger partial charge is 0.316 e. The molecule has 0 aliphatic heterocycles. The van der Waals surface area contributed by atoms with Gasteiger partial charge < -0.3 is 5.32 Å². The molecule has 0 amide bonds. The van der Waals surface area contributed by atoms with E-state index in [2.05, 4.69) is 51.2 Å². The van der Waals surface area contributed by atoms with Crippen molar-refractivity contribution in [1.82, 2.24) is 15.1 Å². The molecule has 0 aliphatic rings. The van der Waals surface area contributed by atoms with Crippen LogP contribution < -0.4 is 5.32 Å². The molecule has 1 aromatic rings. The Labute approximate surface area is 112 Å². The van der Waals surface area contributed by atoms with Gasteiger partial charge in [0, 0.05) is 12.7 Å². The summed E-state index contributed by atoms with van der Waals surface area (Å²) in [6.07, 6.45) is 3.37. The van der Waals surface area contributed by atoms with E-state index in [9.17, 15) is 0 Å². The lowest BCUT2D eigenvalue weighted by Gasteiger charge is -2.16. The standard InChI is InChI=1S/C15H29N3/c1-6-13(11-16-10-12(3)4)8-15-9-14(7-2)17-18(15)5/h9,12-13,16H,6-8,10-11H2,1-5H3. The number of aromatic nitrogens is 2. The Kier molecular flexibility index (Phi) is 6.41. The van der Waals surface area contributed by atoms with Crippen LogP contribution in [0.25, 0.3) is 0 Å². The molecular weight excluding hydrogens is 222 g/mol. The minimum Gasteiger partial charge on any atom is -0.316 e. The Bertz CT molecular complexity index is 342. The second-order valence-corrected chi connectivity index (χ2v) is 5.63. The van der Waals surface area contributed by atoms with Crippen LogP contribution in [0.3, 0.4) is 0 Å². The fourth-order valence-electron chi connectivity index (χ4n) is 2.17. The minimum absolute atomic E-state index is 0.712. The summed E-state index contributed by atoms with van der Waals surface area (Å²) in [6.45, 7) is 11.2. The van der Waals surface area contributed by atoms with Crippen molar-refractivity contribution in [1.29, 1.82) is 0 Å². The molecule has 1 unspecified atom stereocenters. The molecule has 0 bridgehead atoms. The van der Waals surface area contributed by atoms with Crippen LogP contribution >= 0.6 is 0 Å². The van der Waals surface area contributed by atoms with Crippen molar-refractivity contribution in [3.05, 3.63) is 17.5 Å². The van der Waals surface area contributed by atoms with Crippen LogP contribution in [0.15, 0.2) is 6.07 Å². The maximum absolute atomic E-state index is 4.52. The molecule has 0 saturated heterocycles. The van der Waals surface area contributed by atoms with Gasteiger partial charge in [-0.25, -0.2) is 0 Å². The predicted molar refractivity (Wildman–Crippen MR) is 77.8 cm³/mol. The fourth-order valence-corrected chi connectivity index (χ4v) is 2.17. The number of nitrogens with zero attached hydrogens (tertiary/aromatic N) is 2. The van der Waals surface area contributed by atoms with Gasteiger partial charge in [0.1, 0.15) is 0 Å². The summed E-state index contributed by atoms with van der Waals surface area (Å²) in [7, 11) is 2.06. The number of nitrogens with one attached hydrogen (secondary N) is 1. The van der Waals surface area contributed by atoms with Crippen LogP contribution in [-0.4, -0.2) is 22.9 Å². The quantitative estimate of drug-likeness (QED) is 0.770. The predicted octanol–water partition coefficient (Wildman–Crippen LogP) is 2.80. The minimum atomic E-state index is 0.712. The maximum Gasteiger partial charge on any atom is 0.0624 e. The second-order valence-electron chi connectivity index (χ2n) is 5.63. The van der Waals surface area contributed by atoms with Crippen molar-refractivity contribution in [2.75, 3.05) is 13.1 Å². The van der Waals surface area contributed by atoms with E-state index in [4.69, 9.17) is 0 Å². The molecule has 3 heteroatoms. The molecule has 1 atom stereocenters. The molecule has 1 heterocycles. The summed E-state index contributed by atoms with van der Waals surface area (Å²) in [5.74, 6) is 1.44. The van der Waals surface area contributed by atoms with E-state index in [0.29, 0.717) is 5.92 Å². The van der Waals surface area contributed by atoms with Gasteiger partial charge in [-0.3, -0.25) is 4.68 Å². The third-order valence-electron chi connectivity index (χ3n) is 3.45. The molecule has 1 aromatic heterocycles. The maximum atomic E-state index is 4.52. The van der Waals surface area contributed by atoms with Crippen molar-refractivity contribution < 1.29 is 0 Å². The fraction of sp³-hybridized carbons (Fsp3) is 0.800. The molecule has 104 valence electrons. The molecular formula is C15H29N3. The van der Waals surface area contributed by atoms with Crippen molar-refractivity contribution in [3.8, 4) is 0 Å². The van der Waals surface area contributed by atoms with Crippen molar-refractivity contribution in [3.63, 3.8) is 0 Å². The summed E-state index contributed by atoms with van der Waals surface area (Å²) in [4.78, 5) is 0. The van der Waals surface area contributed by atoms with E-state index in [-0.39, 0.29) is 0 Å². The molecule has 3 nitrogen and oxygen atoms in total. The van der Waals surface area contributed by atoms with Crippen LogP contribution in [0.5, 0.6) is 0 Å². The molecule has 0 radical (unpaired) electrons. The highest BCUT2D eigenvalue weighted by Gasteiger charge is 2.11. The Morgan fingerprint density at radius 3 is 2.50 bits per heavy atom. The lowest BCUT2D eigenvalue weighted by Crippen LogP contribution is -2.27. The van der Waals surface area contributed by atoms with Gasteiger partial charge in [-0.05, 0) is 43.8 Å². The third-order valence-corrected chi connectivity index (χ3v) is 3.45. The van der Waals surface area contributed by atoms with E-state index in [0.717, 1.165) is 31.8 Å². The molecule has 1 N–H and O–H groups in total. The van der Waals surface area contributed by atoms with E-state index < -0.39 is 0 Å². The molecule has 0 spiro atoms. The first-order chi connectivity index (χ1) is 8.56. The zero-order valence-corrected chi connectivity index (χ0v) is 12.7. The van der Waals surface area contributed by atoms with E-state index in [1.165, 1.54) is 17.8 Å². The molecule has 0 aliphatic carbocycles. The van der Waals surface area contributed by atoms with Gasteiger partial charge in [-0.2, -0.15) is 5.10 Å². The molecule has 0 fully saturated rings. The van der Waals surface area contributed by atoms with Crippen LogP contribution in [0.1, 0.15) is 45.5 Å². The Hall–Kier alpha value is -0.830. The topological polar surface area (TPSA) is 29.9 Å². The average Bonchev–Trinajstić information content (AvgIpc) is 2.68. The van der Waals surface area contributed by atoms with Crippen molar-refractivity contribution in [2.45, 2.75) is 47.0 Å². The van der Waals surface area contributed by atoms with Gasteiger partial charge in [0.25, 0.3) is 0 Å². The lowest BCUT2D eigenvalue weighted by atomic mass is 9.99. The van der Waals surface area contributed by atoms with E-state index >= 15 is 0 Å². The van der Waals surface area contributed by atoms with Gasteiger partial charge in [0.2, 0.25) is 0 Å². The van der Waals surface area contributed by atoms with E-state index in [1.54, 1.807) is 0 Å². The van der Waals surface area contributed by atoms with Crippen molar-refractivity contribution >= 4 is 0 Å². The van der Waals surface area contributed by atoms with Crippen molar-refractivity contribution in [2.24, 2.45) is 18.9 Å². The SMILES string of the molecule is CCc1cc(CC(CC)CNCC(C)C)n(C)n1. The zero-order chi connectivity index (χ0) is 13.5. The summed E-state index contributed by atoms with van der Waals surface area (Å²) in [5, 5.41) is 8.09. The van der Waals surface area contributed by atoms with Gasteiger partial charge >= 0.3 is 0 Å². The normalized spacial score (nSPS) is 13.2. The smallest absolute Gasteiger partial charge is 0.0624 e. The highest BCUT2D eigenvalue weighted by atomic mass is 15.3. The lowest BCUT2D eigenvalue weighted by molar-refractivity contribution is 0.429. The van der Waals surface area contributed by atoms with Gasteiger partial charge in [-0.1, -0.05) is 34.1 Å². The monoisotopic (exact) mass is 251 g/mol. The number of rotatable bonds is 8. The first-order valence-corrected chi connectivity index (χ1v) is 7.29. The summed E-state index contributed by atoms with van der Waals surface area (Å²) in [5.41, 5.74) is 2.57. The Morgan fingerprint density at radius 1 is 1.28 bits per heavy atom. The number of aryl methyl sites for hydroxylation is 2. The molecule has 0 saturated carbocycles. The summed E-state index contributed by atoms with van der Waals surface area (Å²) in [6, 6.07) is 2.26. The van der Waals surface area contributed by atoms with Crippen LogP contribution in [0, 0.1) is 11.8 Å². The van der Waals surface area contributed by atoms with E-state index in [1.807, 2.05) is 4.68 Å². The summed E-state index contributed by atoms with van der Waals surface area (Å²) >= 11 is 0. The van der Waals surface area contributed by atoms with Crippen LogP contribution in [-0.2, 0) is 19.9 Å². The van der Waals surface area contributed by atoms with Crippen LogP contribution in [0.4, 0.5) is 0 Å². The first kappa shape index (κ1) is 15.2. The van der Waals surface area contributed by atoms with Gasteiger partial charge in [-0.15, -0.1) is 0 Å².